The maximum atomic E-state index is 11.6. The molecule has 8 heteroatoms. The van der Waals surface area contributed by atoms with Gasteiger partial charge in [-0.1, -0.05) is 11.8 Å². The molecule has 0 aliphatic heterocycles. The molecule has 0 aromatic carbocycles. The number of carbonyl (C=O) groups is 1. The minimum atomic E-state index is -0.749. The molecule has 21 heavy (non-hydrogen) atoms. The predicted molar refractivity (Wildman–Crippen MR) is 75.3 cm³/mol. The van der Waals surface area contributed by atoms with Crippen LogP contribution in [0.15, 0.2) is 28.0 Å². The smallest absolute Gasteiger partial charge is 0.317 e. The lowest BCUT2D eigenvalue weighted by atomic mass is 10.4. The van der Waals surface area contributed by atoms with Gasteiger partial charge < -0.3 is 9.15 Å². The molecule has 0 aliphatic carbocycles. The van der Waals surface area contributed by atoms with E-state index in [2.05, 4.69) is 10.2 Å². The second-order valence-electron chi connectivity index (χ2n) is 4.08. The van der Waals surface area contributed by atoms with Gasteiger partial charge in [0.15, 0.2) is 22.8 Å². The van der Waals surface area contributed by atoms with Gasteiger partial charge in [0.25, 0.3) is 0 Å². The number of esters is 1. The summed E-state index contributed by atoms with van der Waals surface area (Å²) in [5.41, 5.74) is 0. The number of thioether (sulfide) groups is 1. The molecule has 110 valence electrons. The monoisotopic (exact) mass is 306 g/mol. The molecule has 0 radical (unpaired) electrons. The molecule has 0 spiro atoms. The Hall–Kier alpha value is -2.27. The Morgan fingerprint density at radius 2 is 2.43 bits per heavy atom. The Morgan fingerprint density at radius 3 is 3.05 bits per heavy atom. The third kappa shape index (κ3) is 3.64. The first-order valence-electron chi connectivity index (χ1n) is 6.34. The Labute approximate surface area is 125 Å². The van der Waals surface area contributed by atoms with Crippen LogP contribution in [-0.4, -0.2) is 32.6 Å². The van der Waals surface area contributed by atoms with Crippen molar-refractivity contribution in [2.45, 2.75) is 31.7 Å². The van der Waals surface area contributed by atoms with E-state index in [1.807, 2.05) is 17.6 Å². The lowest BCUT2D eigenvalue weighted by Crippen LogP contribution is -2.15. The topological polar surface area (TPSA) is 93.9 Å². The Balaban J connectivity index is 2.05. The standard InChI is InChI=1S/C13H14N4O3S/c1-3-17-12(10-5-4-6-19-10)15-16-13(17)21-8-11(18)20-9(2)7-14/h4-6,9H,3,8H2,1-2H3/t9-/m0/s1. The average Bonchev–Trinajstić information content (AvgIpc) is 3.13. The van der Waals surface area contributed by atoms with Crippen LogP contribution in [0.25, 0.3) is 11.6 Å². The van der Waals surface area contributed by atoms with Crippen LogP contribution in [0.1, 0.15) is 13.8 Å². The molecule has 2 aromatic rings. The van der Waals surface area contributed by atoms with E-state index in [9.17, 15) is 4.79 Å². The fraction of sp³-hybridized carbons (Fsp3) is 0.385. The van der Waals surface area contributed by atoms with E-state index in [1.165, 1.54) is 18.7 Å². The number of hydrogen-bond donors (Lipinski definition) is 0. The zero-order valence-corrected chi connectivity index (χ0v) is 12.5. The van der Waals surface area contributed by atoms with E-state index < -0.39 is 12.1 Å². The molecular formula is C13H14N4O3S. The number of hydrogen-bond acceptors (Lipinski definition) is 7. The molecule has 0 saturated carbocycles. The van der Waals surface area contributed by atoms with Gasteiger partial charge in [0.05, 0.1) is 12.0 Å². The van der Waals surface area contributed by atoms with Gasteiger partial charge in [0.2, 0.25) is 0 Å². The summed E-state index contributed by atoms with van der Waals surface area (Å²) < 4.78 is 12.0. The van der Waals surface area contributed by atoms with Crippen molar-refractivity contribution < 1.29 is 13.9 Å². The fourth-order valence-electron chi connectivity index (χ4n) is 1.65. The van der Waals surface area contributed by atoms with Crippen LogP contribution in [0.2, 0.25) is 0 Å². The molecule has 2 heterocycles. The van der Waals surface area contributed by atoms with E-state index in [0.717, 1.165) is 0 Å². The third-order valence-electron chi connectivity index (χ3n) is 2.58. The summed E-state index contributed by atoms with van der Waals surface area (Å²) >= 11 is 1.21. The van der Waals surface area contributed by atoms with E-state index in [1.54, 1.807) is 18.4 Å². The minimum absolute atomic E-state index is 0.0717. The molecule has 0 aliphatic rings. The van der Waals surface area contributed by atoms with Crippen LogP contribution < -0.4 is 0 Å². The highest BCUT2D eigenvalue weighted by atomic mass is 32.2. The second kappa shape index (κ2) is 6.95. The molecule has 1 atom stereocenters. The fourth-order valence-corrected chi connectivity index (χ4v) is 2.43. The SMILES string of the molecule is CCn1c(SCC(=O)O[C@@H](C)C#N)nnc1-c1ccco1. The van der Waals surface area contributed by atoms with Crippen LogP contribution in [-0.2, 0) is 16.1 Å². The van der Waals surface area contributed by atoms with Gasteiger partial charge >= 0.3 is 5.97 Å². The van der Waals surface area contributed by atoms with E-state index >= 15 is 0 Å². The van der Waals surface area contributed by atoms with Crippen molar-refractivity contribution in [3.63, 3.8) is 0 Å². The number of ether oxygens (including phenoxy) is 1. The Bertz CT molecular complexity index is 645. The number of nitrogens with zero attached hydrogens (tertiary/aromatic N) is 4. The number of carbonyl (C=O) groups excluding carboxylic acids is 1. The van der Waals surface area contributed by atoms with Gasteiger partial charge in [-0.15, -0.1) is 10.2 Å². The van der Waals surface area contributed by atoms with Crippen molar-refractivity contribution in [1.29, 1.82) is 5.26 Å². The van der Waals surface area contributed by atoms with Crippen LogP contribution in [0.3, 0.4) is 0 Å². The largest absolute Gasteiger partial charge is 0.461 e. The summed E-state index contributed by atoms with van der Waals surface area (Å²) in [6.45, 7) is 4.12. The van der Waals surface area contributed by atoms with Gasteiger partial charge in [-0.05, 0) is 26.0 Å². The highest BCUT2D eigenvalue weighted by Crippen LogP contribution is 2.24. The number of aromatic nitrogens is 3. The molecule has 0 unspecified atom stereocenters. The summed E-state index contributed by atoms with van der Waals surface area (Å²) in [6.07, 6.45) is 0.818. The third-order valence-corrected chi connectivity index (χ3v) is 3.52. The minimum Gasteiger partial charge on any atom is -0.461 e. The number of rotatable bonds is 6. The lowest BCUT2D eigenvalue weighted by Gasteiger charge is -2.07. The number of furan rings is 1. The van der Waals surface area contributed by atoms with Gasteiger partial charge in [-0.3, -0.25) is 9.36 Å². The summed E-state index contributed by atoms with van der Waals surface area (Å²) in [5.74, 6) is 0.849. The molecule has 0 amide bonds. The van der Waals surface area contributed by atoms with Crippen molar-refractivity contribution in [1.82, 2.24) is 14.8 Å². The van der Waals surface area contributed by atoms with Gasteiger partial charge in [-0.2, -0.15) is 5.26 Å². The first-order chi connectivity index (χ1) is 10.2. The highest BCUT2D eigenvalue weighted by molar-refractivity contribution is 7.99. The first kappa shape index (κ1) is 15.1. The Morgan fingerprint density at radius 1 is 1.62 bits per heavy atom. The maximum Gasteiger partial charge on any atom is 0.317 e. The summed E-state index contributed by atoms with van der Waals surface area (Å²) in [7, 11) is 0. The van der Waals surface area contributed by atoms with E-state index in [0.29, 0.717) is 23.3 Å². The predicted octanol–water partition coefficient (Wildman–Crippen LogP) is 2.11. The average molecular weight is 306 g/mol. The summed E-state index contributed by atoms with van der Waals surface area (Å²) in [6, 6.07) is 5.42. The maximum absolute atomic E-state index is 11.6. The van der Waals surface area contributed by atoms with Gasteiger partial charge in [0.1, 0.15) is 6.07 Å². The van der Waals surface area contributed by atoms with Crippen molar-refractivity contribution in [2.75, 3.05) is 5.75 Å². The molecule has 0 saturated heterocycles. The summed E-state index contributed by atoms with van der Waals surface area (Å²) in [5, 5.41) is 17.3. The lowest BCUT2D eigenvalue weighted by molar-refractivity contribution is -0.142. The van der Waals surface area contributed by atoms with E-state index in [4.69, 9.17) is 14.4 Å². The van der Waals surface area contributed by atoms with E-state index in [-0.39, 0.29) is 5.75 Å². The van der Waals surface area contributed by atoms with Crippen molar-refractivity contribution in [3.8, 4) is 17.7 Å². The summed E-state index contributed by atoms with van der Waals surface area (Å²) in [4.78, 5) is 11.6. The highest BCUT2D eigenvalue weighted by Gasteiger charge is 2.17. The van der Waals surface area contributed by atoms with Gasteiger partial charge in [-0.25, -0.2) is 0 Å². The van der Waals surface area contributed by atoms with Crippen molar-refractivity contribution in [3.05, 3.63) is 18.4 Å². The molecule has 0 fully saturated rings. The quantitative estimate of drug-likeness (QED) is 0.596. The van der Waals surface area contributed by atoms with Crippen molar-refractivity contribution >= 4 is 17.7 Å². The molecule has 0 N–H and O–H groups in total. The zero-order chi connectivity index (χ0) is 15.2. The van der Waals surface area contributed by atoms with Crippen LogP contribution in [0.5, 0.6) is 0 Å². The van der Waals surface area contributed by atoms with Crippen LogP contribution >= 0.6 is 11.8 Å². The second-order valence-corrected chi connectivity index (χ2v) is 5.02. The molecule has 2 aromatic heterocycles. The van der Waals surface area contributed by atoms with Crippen LogP contribution in [0, 0.1) is 11.3 Å². The normalized spacial score (nSPS) is 11.9. The zero-order valence-electron chi connectivity index (χ0n) is 11.6. The molecule has 7 nitrogen and oxygen atoms in total. The van der Waals surface area contributed by atoms with Crippen LogP contribution in [0.4, 0.5) is 0 Å². The van der Waals surface area contributed by atoms with Crippen molar-refractivity contribution in [2.24, 2.45) is 0 Å². The van der Waals surface area contributed by atoms with Gasteiger partial charge in [0, 0.05) is 6.54 Å². The first-order valence-corrected chi connectivity index (χ1v) is 7.33. The number of nitriles is 1. The molecular weight excluding hydrogens is 292 g/mol. The Kier molecular flexibility index (Phi) is 5.00. The molecule has 2 rings (SSSR count). The molecule has 0 bridgehead atoms.